The van der Waals surface area contributed by atoms with Crippen molar-refractivity contribution in [3.05, 3.63) is 21.4 Å². The van der Waals surface area contributed by atoms with Crippen molar-refractivity contribution in [2.75, 3.05) is 0 Å². The average Bonchev–Trinajstić information content (AvgIpc) is 2.70. The van der Waals surface area contributed by atoms with Crippen LogP contribution in [0.1, 0.15) is 54.5 Å². The number of hydrogen-bond donors (Lipinski definition) is 1. The van der Waals surface area contributed by atoms with Crippen molar-refractivity contribution in [3.8, 4) is 0 Å². The summed E-state index contributed by atoms with van der Waals surface area (Å²) in [6.45, 7) is 4.47. The zero-order valence-electron chi connectivity index (χ0n) is 9.75. The van der Waals surface area contributed by atoms with Crippen LogP contribution in [0.2, 0.25) is 0 Å². The molecule has 2 rings (SSSR count). The van der Waals surface area contributed by atoms with Gasteiger partial charge >= 0.3 is 0 Å². The largest absolute Gasteiger partial charge is 0.323 e. The van der Waals surface area contributed by atoms with Gasteiger partial charge in [0.05, 0.1) is 0 Å². The third-order valence-corrected chi connectivity index (χ3v) is 4.94. The molecule has 0 amide bonds. The molecule has 84 valence electrons. The molecule has 0 saturated carbocycles. The lowest BCUT2D eigenvalue weighted by Crippen LogP contribution is -2.17. The lowest BCUT2D eigenvalue weighted by molar-refractivity contribution is 0.462. The molecule has 0 aromatic carbocycles. The van der Waals surface area contributed by atoms with Gasteiger partial charge in [-0.2, -0.15) is 0 Å². The van der Waals surface area contributed by atoms with Gasteiger partial charge in [-0.25, -0.2) is 0 Å². The number of thiophene rings is 1. The number of rotatable bonds is 3. The third kappa shape index (κ3) is 2.26. The number of hydrogen-bond acceptors (Lipinski definition) is 2. The molecule has 1 aliphatic carbocycles. The zero-order chi connectivity index (χ0) is 10.8. The normalized spacial score (nSPS) is 19.7. The molecular weight excluding hydrogens is 202 g/mol. The van der Waals surface area contributed by atoms with E-state index in [0.29, 0.717) is 5.92 Å². The summed E-state index contributed by atoms with van der Waals surface area (Å²) in [5.41, 5.74) is 7.85. The minimum absolute atomic E-state index is 0.255. The van der Waals surface area contributed by atoms with Gasteiger partial charge < -0.3 is 5.73 Å². The minimum Gasteiger partial charge on any atom is -0.323 e. The van der Waals surface area contributed by atoms with E-state index >= 15 is 0 Å². The number of fused-ring (bicyclic) bond motifs is 1. The Morgan fingerprint density at radius 2 is 2.13 bits per heavy atom. The van der Waals surface area contributed by atoms with E-state index in [-0.39, 0.29) is 6.04 Å². The predicted molar refractivity (Wildman–Crippen MR) is 67.3 cm³/mol. The maximum Gasteiger partial charge on any atom is 0.0415 e. The summed E-state index contributed by atoms with van der Waals surface area (Å²) < 4.78 is 0. The van der Waals surface area contributed by atoms with E-state index < -0.39 is 0 Å². The van der Waals surface area contributed by atoms with Crippen molar-refractivity contribution >= 4 is 11.3 Å². The number of nitrogens with two attached hydrogens (primary N) is 1. The van der Waals surface area contributed by atoms with Gasteiger partial charge in [-0.3, -0.25) is 0 Å². The lowest BCUT2D eigenvalue weighted by Gasteiger charge is -2.16. The predicted octanol–water partition coefficient (Wildman–Crippen LogP) is 3.67. The molecule has 2 N–H and O–H groups in total. The second kappa shape index (κ2) is 4.67. The molecule has 2 heteroatoms. The molecule has 0 fully saturated rings. The van der Waals surface area contributed by atoms with Crippen molar-refractivity contribution in [1.29, 1.82) is 0 Å². The highest BCUT2D eigenvalue weighted by atomic mass is 32.1. The Morgan fingerprint density at radius 3 is 2.80 bits per heavy atom. The second-order valence-electron chi connectivity index (χ2n) is 4.72. The van der Waals surface area contributed by atoms with Crippen LogP contribution in [0.15, 0.2) is 6.07 Å². The Hall–Kier alpha value is -0.340. The van der Waals surface area contributed by atoms with Crippen LogP contribution >= 0.6 is 11.3 Å². The van der Waals surface area contributed by atoms with E-state index in [1.54, 1.807) is 10.4 Å². The van der Waals surface area contributed by atoms with Gasteiger partial charge in [-0.05, 0) is 43.2 Å². The van der Waals surface area contributed by atoms with Crippen LogP contribution in [0, 0.1) is 5.92 Å². The molecule has 0 spiro atoms. The first-order valence-electron chi connectivity index (χ1n) is 6.09. The van der Waals surface area contributed by atoms with E-state index in [2.05, 4.69) is 19.9 Å². The second-order valence-corrected chi connectivity index (χ2v) is 5.88. The number of aryl methyl sites for hydroxylation is 2. The molecule has 0 saturated heterocycles. The highest BCUT2D eigenvalue weighted by Gasteiger charge is 2.19. The molecule has 15 heavy (non-hydrogen) atoms. The minimum atomic E-state index is 0.255. The molecule has 1 aromatic rings. The van der Waals surface area contributed by atoms with E-state index in [9.17, 15) is 0 Å². The Balaban J connectivity index is 2.18. The summed E-state index contributed by atoms with van der Waals surface area (Å²) in [5.74, 6) is 0.602. The fourth-order valence-electron chi connectivity index (χ4n) is 2.21. The fourth-order valence-corrected chi connectivity index (χ4v) is 3.60. The molecule has 2 unspecified atom stereocenters. The Bertz CT molecular complexity index is 306. The van der Waals surface area contributed by atoms with Gasteiger partial charge in [-0.15, -0.1) is 11.3 Å². The summed E-state index contributed by atoms with van der Waals surface area (Å²) in [7, 11) is 0. The third-order valence-electron chi connectivity index (χ3n) is 3.60. The van der Waals surface area contributed by atoms with Crippen LogP contribution in [-0.4, -0.2) is 0 Å². The van der Waals surface area contributed by atoms with Crippen molar-refractivity contribution in [2.45, 2.75) is 52.0 Å². The first kappa shape index (κ1) is 11.2. The maximum absolute atomic E-state index is 6.27. The summed E-state index contributed by atoms with van der Waals surface area (Å²) >= 11 is 1.96. The smallest absolute Gasteiger partial charge is 0.0415 e. The van der Waals surface area contributed by atoms with Crippen LogP contribution in [0.3, 0.4) is 0 Å². The van der Waals surface area contributed by atoms with Crippen LogP contribution in [0.4, 0.5) is 0 Å². The SMILES string of the molecule is CCC(C)C(N)c1cc2c(s1)CCCC2. The van der Waals surface area contributed by atoms with Crippen molar-refractivity contribution in [3.63, 3.8) is 0 Å². The summed E-state index contributed by atoms with van der Waals surface area (Å²) in [6, 6.07) is 2.63. The van der Waals surface area contributed by atoms with Crippen LogP contribution in [0.5, 0.6) is 0 Å². The molecule has 0 bridgehead atoms. The highest BCUT2D eigenvalue weighted by molar-refractivity contribution is 7.12. The molecule has 0 radical (unpaired) electrons. The van der Waals surface area contributed by atoms with Gasteiger partial charge in [0.15, 0.2) is 0 Å². The van der Waals surface area contributed by atoms with Crippen LogP contribution in [-0.2, 0) is 12.8 Å². The van der Waals surface area contributed by atoms with Crippen LogP contribution < -0.4 is 5.73 Å². The first-order valence-corrected chi connectivity index (χ1v) is 6.91. The standard InChI is InChI=1S/C13H21NS/c1-3-9(2)13(14)12-8-10-6-4-5-7-11(10)15-12/h8-9,13H,3-7,14H2,1-2H3. The van der Waals surface area contributed by atoms with Crippen molar-refractivity contribution in [1.82, 2.24) is 0 Å². The summed E-state index contributed by atoms with van der Waals surface area (Å²) in [6.07, 6.45) is 6.46. The summed E-state index contributed by atoms with van der Waals surface area (Å²) in [4.78, 5) is 3.02. The Labute approximate surface area is 96.7 Å². The quantitative estimate of drug-likeness (QED) is 0.831. The Morgan fingerprint density at radius 1 is 1.40 bits per heavy atom. The van der Waals surface area contributed by atoms with Crippen LogP contribution in [0.25, 0.3) is 0 Å². The van der Waals surface area contributed by atoms with E-state index in [1.165, 1.54) is 37.0 Å². The highest BCUT2D eigenvalue weighted by Crippen LogP contribution is 2.34. The van der Waals surface area contributed by atoms with Gasteiger partial charge in [0, 0.05) is 15.8 Å². The van der Waals surface area contributed by atoms with E-state index in [4.69, 9.17) is 5.73 Å². The molecular formula is C13H21NS. The van der Waals surface area contributed by atoms with Gasteiger partial charge in [-0.1, -0.05) is 20.3 Å². The van der Waals surface area contributed by atoms with E-state index in [1.807, 2.05) is 11.3 Å². The average molecular weight is 223 g/mol. The molecule has 1 nitrogen and oxygen atoms in total. The summed E-state index contributed by atoms with van der Waals surface area (Å²) in [5, 5.41) is 0. The molecule has 2 atom stereocenters. The molecule has 1 aromatic heterocycles. The first-order chi connectivity index (χ1) is 7.22. The monoisotopic (exact) mass is 223 g/mol. The van der Waals surface area contributed by atoms with E-state index in [0.717, 1.165) is 0 Å². The van der Waals surface area contributed by atoms with Crippen molar-refractivity contribution < 1.29 is 0 Å². The topological polar surface area (TPSA) is 26.0 Å². The molecule has 1 heterocycles. The molecule has 0 aliphatic heterocycles. The van der Waals surface area contributed by atoms with Gasteiger partial charge in [0.2, 0.25) is 0 Å². The lowest BCUT2D eigenvalue weighted by atomic mass is 9.95. The molecule has 1 aliphatic rings. The Kier molecular flexibility index (Phi) is 3.47. The van der Waals surface area contributed by atoms with Gasteiger partial charge in [0.25, 0.3) is 0 Å². The maximum atomic E-state index is 6.27. The fraction of sp³-hybridized carbons (Fsp3) is 0.692. The zero-order valence-corrected chi connectivity index (χ0v) is 10.6. The van der Waals surface area contributed by atoms with Gasteiger partial charge in [0.1, 0.15) is 0 Å². The van der Waals surface area contributed by atoms with Crippen molar-refractivity contribution in [2.24, 2.45) is 11.7 Å².